The van der Waals surface area contributed by atoms with Crippen LogP contribution in [0.3, 0.4) is 0 Å². The van der Waals surface area contributed by atoms with Crippen molar-refractivity contribution in [2.45, 2.75) is 4.83 Å². The molecule has 1 atom stereocenters. The van der Waals surface area contributed by atoms with E-state index in [4.69, 9.17) is 4.74 Å². The fraction of sp³-hybridized carbons (Fsp3) is 0.300. The number of nitro groups is 1. The second kappa shape index (κ2) is 6.29. The van der Waals surface area contributed by atoms with Gasteiger partial charge in [-0.3, -0.25) is 14.9 Å². The lowest BCUT2D eigenvalue weighted by atomic mass is 10.3. The Kier molecular flexibility index (Phi) is 5.02. The molecule has 1 unspecified atom stereocenters. The number of halogens is 2. The van der Waals surface area contributed by atoms with Crippen molar-refractivity contribution in [1.82, 2.24) is 0 Å². The Balaban J connectivity index is 2.80. The molecule has 0 N–H and O–H groups in total. The summed E-state index contributed by atoms with van der Waals surface area (Å²) >= 11 is 2.98. The number of esters is 1. The number of hydrogen-bond donors (Lipinski definition) is 0. The lowest BCUT2D eigenvalue weighted by Gasteiger charge is -2.10. The van der Waals surface area contributed by atoms with Crippen molar-refractivity contribution in [2.75, 3.05) is 13.7 Å². The Morgan fingerprint density at radius 3 is 2.83 bits per heavy atom. The number of hydrogen-bond acceptors (Lipinski definition) is 5. The van der Waals surface area contributed by atoms with E-state index in [2.05, 4.69) is 20.7 Å². The third-order valence-electron chi connectivity index (χ3n) is 1.96. The van der Waals surface area contributed by atoms with Gasteiger partial charge in [-0.15, -0.1) is 0 Å². The van der Waals surface area contributed by atoms with Crippen LogP contribution < -0.4 is 4.74 Å². The van der Waals surface area contributed by atoms with Gasteiger partial charge < -0.3 is 9.47 Å². The molecule has 6 nitrogen and oxygen atoms in total. The van der Waals surface area contributed by atoms with Crippen molar-refractivity contribution in [3.8, 4) is 5.75 Å². The second-order valence-corrected chi connectivity index (χ2v) is 4.28. The number of nitro benzene ring substituents is 1. The summed E-state index contributed by atoms with van der Waals surface area (Å²) < 4.78 is 22.4. The maximum Gasteiger partial charge on any atom is 0.322 e. The summed E-state index contributed by atoms with van der Waals surface area (Å²) in [6, 6.07) is 2.83. The quantitative estimate of drug-likeness (QED) is 0.359. The van der Waals surface area contributed by atoms with E-state index in [9.17, 15) is 19.3 Å². The molecule has 8 heteroatoms. The number of nitrogens with zero attached hydrogens (tertiary/aromatic N) is 1. The number of benzene rings is 1. The summed E-state index contributed by atoms with van der Waals surface area (Å²) in [5.74, 6) is -1.50. The van der Waals surface area contributed by atoms with Crippen molar-refractivity contribution in [3.05, 3.63) is 34.1 Å². The summed E-state index contributed by atoms with van der Waals surface area (Å²) in [5, 5.41) is 10.7. The highest BCUT2D eigenvalue weighted by Gasteiger charge is 2.20. The molecule has 0 saturated carbocycles. The van der Waals surface area contributed by atoms with Crippen molar-refractivity contribution < 1.29 is 23.6 Å². The minimum atomic E-state index is -0.787. The SMILES string of the molecule is COC(=O)C(Br)COc1cc(F)ccc1[N+](=O)[O-]. The molecule has 1 rings (SSSR count). The van der Waals surface area contributed by atoms with E-state index in [-0.39, 0.29) is 18.0 Å². The first-order valence-electron chi connectivity index (χ1n) is 4.74. The molecule has 0 aliphatic heterocycles. The van der Waals surface area contributed by atoms with E-state index in [1.165, 1.54) is 7.11 Å². The molecule has 1 aromatic rings. The summed E-state index contributed by atoms with van der Waals surface area (Å²) in [5.41, 5.74) is -0.374. The average Bonchev–Trinajstić information content (AvgIpc) is 2.34. The molecule has 0 saturated heterocycles. The zero-order valence-corrected chi connectivity index (χ0v) is 10.8. The van der Waals surface area contributed by atoms with E-state index < -0.39 is 21.5 Å². The summed E-state index contributed by atoms with van der Waals surface area (Å²) in [7, 11) is 1.20. The maximum absolute atomic E-state index is 13.0. The normalized spacial score (nSPS) is 11.7. The van der Waals surface area contributed by atoms with Crippen LogP contribution in [0.4, 0.5) is 10.1 Å². The largest absolute Gasteiger partial charge is 0.485 e. The predicted octanol–water partition coefficient (Wildman–Crippen LogP) is 2.05. The van der Waals surface area contributed by atoms with Crippen LogP contribution in [0.2, 0.25) is 0 Å². The number of alkyl halides is 1. The third-order valence-corrected chi connectivity index (χ3v) is 2.60. The number of carbonyl (C=O) groups is 1. The lowest BCUT2D eigenvalue weighted by molar-refractivity contribution is -0.385. The fourth-order valence-corrected chi connectivity index (χ4v) is 1.43. The molecular weight excluding hydrogens is 313 g/mol. The molecule has 1 aromatic carbocycles. The van der Waals surface area contributed by atoms with Gasteiger partial charge in [-0.05, 0) is 6.07 Å². The van der Waals surface area contributed by atoms with Crippen molar-refractivity contribution in [3.63, 3.8) is 0 Å². The highest BCUT2D eigenvalue weighted by atomic mass is 79.9. The van der Waals surface area contributed by atoms with Gasteiger partial charge >= 0.3 is 11.7 Å². The Morgan fingerprint density at radius 1 is 1.61 bits per heavy atom. The van der Waals surface area contributed by atoms with Gasteiger partial charge in [0.25, 0.3) is 0 Å². The Hall–Kier alpha value is -1.70. The molecule has 0 aromatic heterocycles. The molecule has 0 amide bonds. The van der Waals surface area contributed by atoms with Crippen molar-refractivity contribution in [1.29, 1.82) is 0 Å². The lowest BCUT2D eigenvalue weighted by Crippen LogP contribution is -2.23. The number of methoxy groups -OCH3 is 1. The zero-order chi connectivity index (χ0) is 13.7. The van der Waals surface area contributed by atoms with Crippen molar-refractivity contribution >= 4 is 27.6 Å². The van der Waals surface area contributed by atoms with Gasteiger partial charge in [0.1, 0.15) is 17.3 Å². The van der Waals surface area contributed by atoms with Crippen LogP contribution in [0.5, 0.6) is 5.75 Å². The minimum absolute atomic E-state index is 0.211. The van der Waals surface area contributed by atoms with Gasteiger partial charge in [0.2, 0.25) is 0 Å². The van der Waals surface area contributed by atoms with Gasteiger partial charge in [-0.2, -0.15) is 0 Å². The van der Waals surface area contributed by atoms with E-state index >= 15 is 0 Å². The topological polar surface area (TPSA) is 78.7 Å². The Labute approximate surface area is 110 Å². The van der Waals surface area contributed by atoms with Gasteiger partial charge in [-0.25, -0.2) is 4.39 Å². The van der Waals surface area contributed by atoms with Crippen LogP contribution in [-0.4, -0.2) is 29.4 Å². The van der Waals surface area contributed by atoms with Gasteiger partial charge in [0.05, 0.1) is 12.0 Å². The molecule has 0 spiro atoms. The molecule has 0 aliphatic carbocycles. The molecule has 0 heterocycles. The highest BCUT2D eigenvalue weighted by Crippen LogP contribution is 2.27. The smallest absolute Gasteiger partial charge is 0.322 e. The van der Waals surface area contributed by atoms with E-state index in [1.54, 1.807) is 0 Å². The van der Waals surface area contributed by atoms with Crippen LogP contribution in [0.1, 0.15) is 0 Å². The molecule has 18 heavy (non-hydrogen) atoms. The molecule has 0 aliphatic rings. The summed E-state index contributed by atoms with van der Waals surface area (Å²) in [6.45, 7) is -0.211. The predicted molar refractivity (Wildman–Crippen MR) is 63.3 cm³/mol. The second-order valence-electron chi connectivity index (χ2n) is 3.17. The third kappa shape index (κ3) is 3.66. The maximum atomic E-state index is 13.0. The van der Waals surface area contributed by atoms with E-state index in [0.29, 0.717) is 0 Å². The fourth-order valence-electron chi connectivity index (χ4n) is 1.11. The van der Waals surface area contributed by atoms with Crippen molar-refractivity contribution in [2.24, 2.45) is 0 Å². The van der Waals surface area contributed by atoms with Crippen LogP contribution in [0.15, 0.2) is 18.2 Å². The first kappa shape index (κ1) is 14.4. The first-order chi connectivity index (χ1) is 8.45. The Bertz CT molecular complexity index is 468. The minimum Gasteiger partial charge on any atom is -0.485 e. The molecular formula is C10H9BrFNO5. The average molecular weight is 322 g/mol. The van der Waals surface area contributed by atoms with Gasteiger partial charge in [0.15, 0.2) is 5.75 Å². The number of rotatable bonds is 5. The van der Waals surface area contributed by atoms with E-state index in [1.807, 2.05) is 0 Å². The summed E-state index contributed by atoms with van der Waals surface area (Å²) in [6.07, 6.45) is 0. The Morgan fingerprint density at radius 2 is 2.28 bits per heavy atom. The highest BCUT2D eigenvalue weighted by molar-refractivity contribution is 9.10. The number of carbonyl (C=O) groups excluding carboxylic acids is 1. The molecule has 98 valence electrons. The number of ether oxygens (including phenoxy) is 2. The van der Waals surface area contributed by atoms with Gasteiger partial charge in [0, 0.05) is 12.1 Å². The molecule has 0 fully saturated rings. The zero-order valence-electron chi connectivity index (χ0n) is 9.26. The standard InChI is InChI=1S/C10H9BrFNO5/c1-17-10(14)7(11)5-18-9-4-6(12)2-3-8(9)13(15)16/h2-4,7H,5H2,1H3. The van der Waals surface area contributed by atoms with Crippen LogP contribution in [0, 0.1) is 15.9 Å². The van der Waals surface area contributed by atoms with Gasteiger partial charge in [-0.1, -0.05) is 15.9 Å². The monoisotopic (exact) mass is 321 g/mol. The summed E-state index contributed by atoms with van der Waals surface area (Å²) in [4.78, 5) is 20.2. The molecule has 0 radical (unpaired) electrons. The van der Waals surface area contributed by atoms with Crippen LogP contribution >= 0.6 is 15.9 Å². The van der Waals surface area contributed by atoms with Crippen LogP contribution in [-0.2, 0) is 9.53 Å². The van der Waals surface area contributed by atoms with E-state index in [0.717, 1.165) is 18.2 Å². The van der Waals surface area contributed by atoms with Crippen LogP contribution in [0.25, 0.3) is 0 Å². The molecule has 0 bridgehead atoms. The first-order valence-corrected chi connectivity index (χ1v) is 5.66.